The number of H-pyrrole nitrogens is 1. The predicted molar refractivity (Wildman–Crippen MR) is 54.6 cm³/mol. The number of esters is 1. The molecule has 7 nitrogen and oxygen atoms in total. The third kappa shape index (κ3) is 2.67. The van der Waals surface area contributed by atoms with Crippen LogP contribution in [0.1, 0.15) is 29.4 Å². The fourth-order valence-electron chi connectivity index (χ4n) is 1.29. The zero-order valence-electron chi connectivity index (χ0n) is 9.11. The fourth-order valence-corrected chi connectivity index (χ4v) is 1.29. The van der Waals surface area contributed by atoms with Gasteiger partial charge < -0.3 is 9.72 Å². The van der Waals surface area contributed by atoms with Crippen LogP contribution in [0.2, 0.25) is 0 Å². The maximum absolute atomic E-state index is 12.6. The van der Waals surface area contributed by atoms with Gasteiger partial charge in [-0.1, -0.05) is 0 Å². The van der Waals surface area contributed by atoms with Gasteiger partial charge in [0.05, 0.1) is 11.5 Å². The van der Waals surface area contributed by atoms with E-state index in [9.17, 15) is 28.5 Å². The van der Waals surface area contributed by atoms with Crippen LogP contribution in [0.5, 0.6) is 0 Å². The Labute approximate surface area is 98.5 Å². The number of pyridine rings is 1. The molecule has 0 saturated carbocycles. The molecule has 1 heterocycles. The summed E-state index contributed by atoms with van der Waals surface area (Å²) in [5.41, 5.74) is -4.20. The number of alkyl halides is 2. The van der Waals surface area contributed by atoms with Gasteiger partial charge in [-0.15, -0.1) is 0 Å². The van der Waals surface area contributed by atoms with Crippen LogP contribution in [0, 0.1) is 10.1 Å². The molecule has 18 heavy (non-hydrogen) atoms. The van der Waals surface area contributed by atoms with E-state index in [1.165, 1.54) is 6.92 Å². The Morgan fingerprint density at radius 1 is 1.61 bits per heavy atom. The third-order valence-electron chi connectivity index (χ3n) is 1.94. The molecule has 0 aliphatic carbocycles. The van der Waals surface area contributed by atoms with Crippen LogP contribution in [-0.2, 0) is 4.74 Å². The molecule has 0 aliphatic rings. The van der Waals surface area contributed by atoms with E-state index >= 15 is 0 Å². The van der Waals surface area contributed by atoms with E-state index in [-0.39, 0.29) is 6.61 Å². The van der Waals surface area contributed by atoms with Crippen molar-refractivity contribution in [2.45, 2.75) is 13.3 Å². The minimum absolute atomic E-state index is 0.114. The standard InChI is InChI=1S/C9H8F2N2O5/c1-2-18-9(15)6-7(13(16)17)4(8(10)11)3-5(14)12-6/h3,8H,2H2,1H3,(H,12,14). The molecule has 0 aliphatic heterocycles. The summed E-state index contributed by atoms with van der Waals surface area (Å²) in [6, 6.07) is 0.380. The molecule has 1 rings (SSSR count). The highest BCUT2D eigenvalue weighted by Crippen LogP contribution is 2.29. The number of hydrogen-bond acceptors (Lipinski definition) is 5. The van der Waals surface area contributed by atoms with E-state index in [0.717, 1.165) is 0 Å². The van der Waals surface area contributed by atoms with Crippen LogP contribution < -0.4 is 5.56 Å². The Morgan fingerprint density at radius 3 is 2.67 bits per heavy atom. The van der Waals surface area contributed by atoms with E-state index < -0.39 is 39.8 Å². The molecular weight excluding hydrogens is 254 g/mol. The molecular formula is C9H8F2N2O5. The Morgan fingerprint density at radius 2 is 2.22 bits per heavy atom. The number of carbonyl (C=O) groups is 1. The van der Waals surface area contributed by atoms with E-state index in [2.05, 4.69) is 4.74 Å². The first-order valence-corrected chi connectivity index (χ1v) is 4.75. The maximum atomic E-state index is 12.6. The highest BCUT2D eigenvalue weighted by atomic mass is 19.3. The minimum atomic E-state index is -3.25. The number of ether oxygens (including phenoxy) is 1. The van der Waals surface area contributed by atoms with Crippen molar-refractivity contribution in [2.75, 3.05) is 6.61 Å². The number of aromatic nitrogens is 1. The number of nitrogens with zero attached hydrogens (tertiary/aromatic N) is 1. The van der Waals surface area contributed by atoms with Crippen LogP contribution in [0.15, 0.2) is 10.9 Å². The second-order valence-electron chi connectivity index (χ2n) is 3.09. The number of halogens is 2. The molecule has 0 spiro atoms. The molecule has 1 N–H and O–H groups in total. The second-order valence-corrected chi connectivity index (χ2v) is 3.09. The lowest BCUT2D eigenvalue weighted by Crippen LogP contribution is -2.19. The average Bonchev–Trinajstić information content (AvgIpc) is 2.27. The number of nitro groups is 1. The largest absolute Gasteiger partial charge is 0.461 e. The summed E-state index contributed by atoms with van der Waals surface area (Å²) in [4.78, 5) is 33.8. The predicted octanol–water partition coefficient (Wildman–Crippen LogP) is 1.40. The zero-order chi connectivity index (χ0) is 13.9. The molecule has 9 heteroatoms. The number of carbonyl (C=O) groups excluding carboxylic acids is 1. The molecule has 1 aromatic rings. The highest BCUT2D eigenvalue weighted by Gasteiger charge is 2.31. The Balaban J connectivity index is 3.53. The summed E-state index contributed by atoms with van der Waals surface area (Å²) in [5.74, 6) is -1.23. The molecule has 0 amide bonds. The van der Waals surface area contributed by atoms with E-state index in [1.807, 2.05) is 4.98 Å². The second kappa shape index (κ2) is 5.34. The Bertz CT molecular complexity index is 540. The van der Waals surface area contributed by atoms with Gasteiger partial charge in [-0.3, -0.25) is 14.9 Å². The zero-order valence-corrected chi connectivity index (χ0v) is 9.11. The first-order valence-electron chi connectivity index (χ1n) is 4.75. The summed E-state index contributed by atoms with van der Waals surface area (Å²) in [6.45, 7) is 1.32. The lowest BCUT2D eigenvalue weighted by atomic mass is 10.2. The molecule has 0 fully saturated rings. The molecule has 1 aromatic heterocycles. The fraction of sp³-hybridized carbons (Fsp3) is 0.333. The number of nitrogens with one attached hydrogen (secondary N) is 1. The first kappa shape index (κ1) is 13.7. The van der Waals surface area contributed by atoms with Gasteiger partial charge in [0.2, 0.25) is 11.3 Å². The summed E-state index contributed by atoms with van der Waals surface area (Å²) in [7, 11) is 0. The van der Waals surface area contributed by atoms with Crippen LogP contribution >= 0.6 is 0 Å². The van der Waals surface area contributed by atoms with Crippen molar-refractivity contribution in [3.8, 4) is 0 Å². The summed E-state index contributed by atoms with van der Waals surface area (Å²) in [5, 5.41) is 10.7. The van der Waals surface area contributed by atoms with Crippen LogP contribution in [0.25, 0.3) is 0 Å². The molecule has 0 aromatic carbocycles. The summed E-state index contributed by atoms with van der Waals surface area (Å²) >= 11 is 0. The highest BCUT2D eigenvalue weighted by molar-refractivity contribution is 5.92. The quantitative estimate of drug-likeness (QED) is 0.502. The Kier molecular flexibility index (Phi) is 4.08. The van der Waals surface area contributed by atoms with E-state index in [0.29, 0.717) is 6.07 Å². The van der Waals surface area contributed by atoms with Gasteiger partial charge in [0.1, 0.15) is 5.56 Å². The van der Waals surface area contributed by atoms with Crippen LogP contribution in [0.3, 0.4) is 0 Å². The number of hydrogen-bond donors (Lipinski definition) is 1. The topological polar surface area (TPSA) is 102 Å². The van der Waals surface area contributed by atoms with Crippen LogP contribution in [-0.4, -0.2) is 22.5 Å². The summed E-state index contributed by atoms with van der Waals surface area (Å²) in [6.07, 6.45) is -3.25. The lowest BCUT2D eigenvalue weighted by Gasteiger charge is -2.06. The van der Waals surface area contributed by atoms with Gasteiger partial charge in [-0.2, -0.15) is 0 Å². The molecule has 0 saturated heterocycles. The normalized spacial score (nSPS) is 10.4. The van der Waals surface area contributed by atoms with Crippen molar-refractivity contribution >= 4 is 11.7 Å². The maximum Gasteiger partial charge on any atom is 0.362 e. The number of rotatable bonds is 4. The van der Waals surface area contributed by atoms with Crippen molar-refractivity contribution in [1.82, 2.24) is 4.98 Å². The third-order valence-corrected chi connectivity index (χ3v) is 1.94. The molecule has 0 bridgehead atoms. The minimum Gasteiger partial charge on any atom is -0.461 e. The van der Waals surface area contributed by atoms with Crippen molar-refractivity contribution in [3.63, 3.8) is 0 Å². The van der Waals surface area contributed by atoms with E-state index in [1.54, 1.807) is 0 Å². The van der Waals surface area contributed by atoms with Gasteiger partial charge in [0.15, 0.2) is 0 Å². The van der Waals surface area contributed by atoms with Gasteiger partial charge >= 0.3 is 11.7 Å². The smallest absolute Gasteiger partial charge is 0.362 e. The summed E-state index contributed by atoms with van der Waals surface area (Å²) < 4.78 is 29.6. The first-order chi connectivity index (χ1) is 8.38. The van der Waals surface area contributed by atoms with Crippen molar-refractivity contribution in [1.29, 1.82) is 0 Å². The lowest BCUT2D eigenvalue weighted by molar-refractivity contribution is -0.386. The van der Waals surface area contributed by atoms with Gasteiger partial charge in [-0.05, 0) is 6.92 Å². The van der Waals surface area contributed by atoms with Crippen molar-refractivity contribution in [3.05, 3.63) is 37.8 Å². The monoisotopic (exact) mass is 262 g/mol. The number of aromatic amines is 1. The Hall–Kier alpha value is -2.32. The van der Waals surface area contributed by atoms with Gasteiger partial charge in [-0.25, -0.2) is 13.6 Å². The van der Waals surface area contributed by atoms with Crippen molar-refractivity contribution in [2.24, 2.45) is 0 Å². The average molecular weight is 262 g/mol. The van der Waals surface area contributed by atoms with Crippen LogP contribution in [0.4, 0.5) is 14.5 Å². The van der Waals surface area contributed by atoms with Gasteiger partial charge in [0.25, 0.3) is 6.43 Å². The van der Waals surface area contributed by atoms with Crippen molar-refractivity contribution < 1.29 is 23.2 Å². The molecule has 0 unspecified atom stereocenters. The molecule has 0 atom stereocenters. The van der Waals surface area contributed by atoms with E-state index in [4.69, 9.17) is 0 Å². The molecule has 0 radical (unpaired) electrons. The SMILES string of the molecule is CCOC(=O)c1[nH]c(=O)cc(C(F)F)c1[N+](=O)[O-]. The van der Waals surface area contributed by atoms with Gasteiger partial charge in [0, 0.05) is 6.07 Å². The molecule has 98 valence electrons.